The van der Waals surface area contributed by atoms with Crippen LogP contribution in [0.4, 0.5) is 0 Å². The molecule has 0 fully saturated rings. The van der Waals surface area contributed by atoms with Gasteiger partial charge in [-0.05, 0) is 49.1 Å². The van der Waals surface area contributed by atoms with Crippen molar-refractivity contribution in [3.8, 4) is 23.0 Å². The van der Waals surface area contributed by atoms with Crippen LogP contribution in [0, 0.1) is 0 Å². The van der Waals surface area contributed by atoms with Crippen LogP contribution in [0.5, 0.6) is 23.0 Å². The second kappa shape index (κ2) is 12.6. The van der Waals surface area contributed by atoms with Crippen LogP contribution in [0.2, 0.25) is 0 Å². The summed E-state index contributed by atoms with van der Waals surface area (Å²) in [6, 6.07) is 12.0. The Morgan fingerprint density at radius 3 is 2.55 bits per heavy atom. The summed E-state index contributed by atoms with van der Waals surface area (Å²) >= 11 is 0. The van der Waals surface area contributed by atoms with Gasteiger partial charge < -0.3 is 19.3 Å². The fourth-order valence-corrected chi connectivity index (χ4v) is 3.32. The van der Waals surface area contributed by atoms with E-state index in [1.54, 1.807) is 31.4 Å². The summed E-state index contributed by atoms with van der Waals surface area (Å²) in [6.45, 7) is 3.49. The van der Waals surface area contributed by atoms with Gasteiger partial charge in [0.1, 0.15) is 23.4 Å². The number of hydrogen-bond donors (Lipinski definition) is 1. The molecule has 0 saturated carbocycles. The molecular weight excluding hydrogens is 396 g/mol. The highest BCUT2D eigenvalue weighted by Crippen LogP contribution is 2.33. The van der Waals surface area contributed by atoms with E-state index in [1.807, 2.05) is 12.1 Å². The fraction of sp³-hybridized carbons (Fsp3) is 0.440. The van der Waals surface area contributed by atoms with Crippen molar-refractivity contribution < 1.29 is 28.9 Å². The Labute approximate surface area is 184 Å². The molecule has 0 aliphatic carbocycles. The van der Waals surface area contributed by atoms with E-state index in [4.69, 9.17) is 14.2 Å². The van der Waals surface area contributed by atoms with E-state index in [2.05, 4.69) is 6.92 Å². The summed E-state index contributed by atoms with van der Waals surface area (Å²) in [5.41, 5.74) is 0.948. The Kier molecular flexibility index (Phi) is 9.88. The molecule has 0 unspecified atom stereocenters. The van der Waals surface area contributed by atoms with Gasteiger partial charge in [0.25, 0.3) is 0 Å². The molecule has 0 amide bonds. The first-order valence-corrected chi connectivity index (χ1v) is 10.7. The van der Waals surface area contributed by atoms with Crippen LogP contribution in [-0.4, -0.2) is 30.1 Å². The molecule has 6 heteroatoms. The Morgan fingerprint density at radius 2 is 1.87 bits per heavy atom. The van der Waals surface area contributed by atoms with Gasteiger partial charge in [0.15, 0.2) is 11.5 Å². The van der Waals surface area contributed by atoms with E-state index in [0.717, 1.165) is 24.8 Å². The minimum Gasteiger partial charge on any atom is -0.508 e. The van der Waals surface area contributed by atoms with Crippen LogP contribution < -0.4 is 9.47 Å². The molecule has 0 heterocycles. The third-order valence-electron chi connectivity index (χ3n) is 4.88. The Hall–Kier alpha value is -3.02. The number of esters is 1. The average Bonchev–Trinajstić information content (AvgIpc) is 2.72. The lowest BCUT2D eigenvalue weighted by atomic mass is 10.0. The first-order chi connectivity index (χ1) is 14.9. The minimum atomic E-state index is -0.346. The number of aromatic hydroxyl groups is 1. The number of Topliss-reactive ketones (excluding diaryl/α,β-unsaturated/α-hetero) is 1. The zero-order valence-electron chi connectivity index (χ0n) is 18.6. The highest BCUT2D eigenvalue weighted by atomic mass is 16.5. The molecule has 168 valence electrons. The van der Waals surface area contributed by atoms with Crippen molar-refractivity contribution in [1.82, 2.24) is 0 Å². The highest BCUT2D eigenvalue weighted by molar-refractivity contribution is 5.79. The molecule has 0 aliphatic heterocycles. The van der Waals surface area contributed by atoms with Gasteiger partial charge in [0, 0.05) is 25.8 Å². The SMILES string of the molecule is CCCCC[C@H](CC(=O)CCc1ccc(Oc2cccc(O)c2)c(OC)c1)OC(C)=O. The number of phenolic OH excluding ortho intramolecular Hbond substituents is 1. The number of carbonyl (C=O) groups excluding carboxylic acids is 2. The van der Waals surface area contributed by atoms with Gasteiger partial charge in [-0.15, -0.1) is 0 Å². The summed E-state index contributed by atoms with van der Waals surface area (Å²) in [5.74, 6) is 1.41. The number of carbonyl (C=O) groups is 2. The summed E-state index contributed by atoms with van der Waals surface area (Å²) in [7, 11) is 1.56. The normalized spacial score (nSPS) is 11.6. The van der Waals surface area contributed by atoms with E-state index in [1.165, 1.54) is 13.0 Å². The summed E-state index contributed by atoms with van der Waals surface area (Å²) in [4.78, 5) is 23.8. The van der Waals surface area contributed by atoms with Gasteiger partial charge in [-0.25, -0.2) is 0 Å². The number of ketones is 1. The second-order valence-corrected chi connectivity index (χ2v) is 7.55. The zero-order valence-corrected chi connectivity index (χ0v) is 18.6. The van der Waals surface area contributed by atoms with Gasteiger partial charge in [-0.2, -0.15) is 0 Å². The number of unbranched alkanes of at least 4 members (excludes halogenated alkanes) is 2. The lowest BCUT2D eigenvalue weighted by molar-refractivity contribution is -0.148. The molecule has 0 saturated heterocycles. The van der Waals surface area contributed by atoms with E-state index >= 15 is 0 Å². The van der Waals surface area contributed by atoms with Crippen LogP contribution in [0.1, 0.15) is 57.9 Å². The molecular formula is C25H32O6. The average molecular weight is 429 g/mol. The van der Waals surface area contributed by atoms with Crippen LogP contribution in [-0.2, 0) is 20.7 Å². The zero-order chi connectivity index (χ0) is 22.6. The number of ether oxygens (including phenoxy) is 3. The second-order valence-electron chi connectivity index (χ2n) is 7.55. The molecule has 2 aromatic rings. The number of benzene rings is 2. The molecule has 2 aromatic carbocycles. The van der Waals surface area contributed by atoms with Crippen molar-refractivity contribution >= 4 is 11.8 Å². The summed E-state index contributed by atoms with van der Waals surface area (Å²) in [6.07, 6.45) is 4.62. The topological polar surface area (TPSA) is 82.1 Å². The third kappa shape index (κ3) is 8.70. The summed E-state index contributed by atoms with van der Waals surface area (Å²) in [5, 5.41) is 9.58. The highest BCUT2D eigenvalue weighted by Gasteiger charge is 2.17. The van der Waals surface area contributed by atoms with Gasteiger partial charge in [0.2, 0.25) is 0 Å². The molecule has 0 spiro atoms. The number of hydrogen-bond acceptors (Lipinski definition) is 6. The summed E-state index contributed by atoms with van der Waals surface area (Å²) < 4.78 is 16.5. The largest absolute Gasteiger partial charge is 0.508 e. The Balaban J connectivity index is 1.94. The quantitative estimate of drug-likeness (QED) is 0.330. The fourth-order valence-electron chi connectivity index (χ4n) is 3.32. The Bertz CT molecular complexity index is 861. The van der Waals surface area contributed by atoms with Crippen molar-refractivity contribution in [2.45, 2.75) is 64.9 Å². The van der Waals surface area contributed by atoms with Crippen LogP contribution in [0.25, 0.3) is 0 Å². The van der Waals surface area contributed by atoms with Crippen molar-refractivity contribution in [3.63, 3.8) is 0 Å². The van der Waals surface area contributed by atoms with Gasteiger partial charge in [-0.1, -0.05) is 31.9 Å². The number of aryl methyl sites for hydroxylation is 1. The predicted molar refractivity (Wildman–Crippen MR) is 119 cm³/mol. The van der Waals surface area contributed by atoms with E-state index in [0.29, 0.717) is 36.5 Å². The molecule has 0 aromatic heterocycles. The maximum absolute atomic E-state index is 12.5. The molecule has 0 aliphatic rings. The first kappa shape index (κ1) is 24.3. The van der Waals surface area contributed by atoms with Crippen molar-refractivity contribution in [3.05, 3.63) is 48.0 Å². The number of phenols is 1. The molecule has 31 heavy (non-hydrogen) atoms. The maximum Gasteiger partial charge on any atom is 0.302 e. The van der Waals surface area contributed by atoms with Crippen molar-refractivity contribution in [1.29, 1.82) is 0 Å². The van der Waals surface area contributed by atoms with Gasteiger partial charge in [-0.3, -0.25) is 9.59 Å². The van der Waals surface area contributed by atoms with Crippen molar-refractivity contribution in [2.75, 3.05) is 7.11 Å². The predicted octanol–water partition coefficient (Wildman–Crippen LogP) is 5.60. The lowest BCUT2D eigenvalue weighted by Gasteiger charge is -2.16. The van der Waals surface area contributed by atoms with Gasteiger partial charge in [0.05, 0.1) is 7.11 Å². The maximum atomic E-state index is 12.5. The lowest BCUT2D eigenvalue weighted by Crippen LogP contribution is -2.20. The molecule has 1 atom stereocenters. The van der Waals surface area contributed by atoms with E-state index < -0.39 is 0 Å². The van der Waals surface area contributed by atoms with Crippen LogP contribution in [0.15, 0.2) is 42.5 Å². The molecule has 0 bridgehead atoms. The molecule has 1 N–H and O–H groups in total. The smallest absolute Gasteiger partial charge is 0.302 e. The van der Waals surface area contributed by atoms with Crippen molar-refractivity contribution in [2.24, 2.45) is 0 Å². The third-order valence-corrected chi connectivity index (χ3v) is 4.88. The van der Waals surface area contributed by atoms with E-state index in [-0.39, 0.29) is 30.0 Å². The molecule has 0 radical (unpaired) electrons. The standard InChI is InChI=1S/C25H32O6/c1-4-5-6-9-22(30-18(2)26)17-21(28)13-11-19-12-14-24(25(15-19)29-3)31-23-10-7-8-20(27)16-23/h7-8,10,12,14-16,22,27H,4-6,9,11,13,17H2,1-3H3/t22-/m1/s1. The van der Waals surface area contributed by atoms with Gasteiger partial charge >= 0.3 is 5.97 Å². The minimum absolute atomic E-state index is 0.0711. The molecule has 2 rings (SSSR count). The number of methoxy groups -OCH3 is 1. The Morgan fingerprint density at radius 1 is 1.06 bits per heavy atom. The van der Waals surface area contributed by atoms with Crippen LogP contribution >= 0.6 is 0 Å². The van der Waals surface area contributed by atoms with Crippen LogP contribution in [0.3, 0.4) is 0 Å². The molecule has 6 nitrogen and oxygen atoms in total. The van der Waals surface area contributed by atoms with E-state index in [9.17, 15) is 14.7 Å². The first-order valence-electron chi connectivity index (χ1n) is 10.7. The number of rotatable bonds is 13. The monoisotopic (exact) mass is 428 g/mol.